The van der Waals surface area contributed by atoms with Gasteiger partial charge in [-0.1, -0.05) is 35.3 Å². The Hall–Kier alpha value is -1.78. The third kappa shape index (κ3) is 5.41. The molecule has 0 aliphatic carbocycles. The van der Waals surface area contributed by atoms with E-state index >= 15 is 0 Å². The number of nitrogens with zero attached hydrogens (tertiary/aromatic N) is 2. The number of pyridine rings is 1. The number of hydrogen-bond donors (Lipinski definition) is 2. The fourth-order valence-electron chi connectivity index (χ4n) is 2.15. The van der Waals surface area contributed by atoms with Crippen LogP contribution in [0.15, 0.2) is 41.5 Å². The second-order valence-corrected chi connectivity index (χ2v) is 6.20. The lowest BCUT2D eigenvalue weighted by molar-refractivity contribution is 0.707. The summed E-state index contributed by atoms with van der Waals surface area (Å²) in [6, 6.07) is 9.40. The SMILES string of the molecule is Cc1ccc(CCN=C(N)NC(C)c2ccc(Cl)cc2Cl)cn1. The smallest absolute Gasteiger partial charge is 0.189 e. The Morgan fingerprint density at radius 3 is 2.74 bits per heavy atom. The summed E-state index contributed by atoms with van der Waals surface area (Å²) in [5.74, 6) is 0.392. The van der Waals surface area contributed by atoms with E-state index in [1.54, 1.807) is 12.1 Å². The van der Waals surface area contributed by atoms with E-state index in [1.165, 1.54) is 0 Å². The number of rotatable bonds is 5. The monoisotopic (exact) mass is 350 g/mol. The van der Waals surface area contributed by atoms with Crippen LogP contribution in [0.5, 0.6) is 0 Å². The Bertz CT molecular complexity index is 683. The van der Waals surface area contributed by atoms with Crippen molar-refractivity contribution in [2.24, 2.45) is 10.7 Å². The van der Waals surface area contributed by atoms with Crippen LogP contribution in [-0.4, -0.2) is 17.5 Å². The van der Waals surface area contributed by atoms with Gasteiger partial charge in [-0.25, -0.2) is 0 Å². The van der Waals surface area contributed by atoms with Crippen LogP contribution in [0.3, 0.4) is 0 Å². The van der Waals surface area contributed by atoms with Gasteiger partial charge in [0.25, 0.3) is 0 Å². The lowest BCUT2D eigenvalue weighted by Crippen LogP contribution is -2.34. The molecule has 1 atom stereocenters. The van der Waals surface area contributed by atoms with Gasteiger partial charge in [0.1, 0.15) is 0 Å². The summed E-state index contributed by atoms with van der Waals surface area (Å²) in [5, 5.41) is 4.35. The second kappa shape index (κ2) is 8.18. The summed E-state index contributed by atoms with van der Waals surface area (Å²) in [4.78, 5) is 8.60. The van der Waals surface area contributed by atoms with Crippen molar-refractivity contribution in [3.8, 4) is 0 Å². The van der Waals surface area contributed by atoms with Crippen molar-refractivity contribution in [2.75, 3.05) is 6.54 Å². The first kappa shape index (κ1) is 17.6. The molecule has 0 amide bonds. The van der Waals surface area contributed by atoms with Crippen LogP contribution in [0.25, 0.3) is 0 Å². The number of aromatic nitrogens is 1. The van der Waals surface area contributed by atoms with E-state index in [-0.39, 0.29) is 6.04 Å². The topological polar surface area (TPSA) is 63.3 Å². The molecule has 0 radical (unpaired) electrons. The Morgan fingerprint density at radius 2 is 2.09 bits per heavy atom. The lowest BCUT2D eigenvalue weighted by atomic mass is 10.1. The Balaban J connectivity index is 1.89. The summed E-state index contributed by atoms with van der Waals surface area (Å²) in [5.41, 5.74) is 9.01. The van der Waals surface area contributed by atoms with Gasteiger partial charge in [0.15, 0.2) is 5.96 Å². The minimum Gasteiger partial charge on any atom is -0.370 e. The van der Waals surface area contributed by atoms with Gasteiger partial charge in [0.2, 0.25) is 0 Å². The molecular weight excluding hydrogens is 331 g/mol. The van der Waals surface area contributed by atoms with Crippen LogP contribution in [-0.2, 0) is 6.42 Å². The van der Waals surface area contributed by atoms with Crippen molar-refractivity contribution in [1.82, 2.24) is 10.3 Å². The van der Waals surface area contributed by atoms with Gasteiger partial charge < -0.3 is 11.1 Å². The van der Waals surface area contributed by atoms with Gasteiger partial charge in [0, 0.05) is 28.5 Å². The first-order chi connectivity index (χ1) is 11.0. The average molecular weight is 351 g/mol. The molecule has 2 aromatic rings. The maximum absolute atomic E-state index is 6.19. The molecule has 1 aromatic heterocycles. The predicted molar refractivity (Wildman–Crippen MR) is 97.2 cm³/mol. The van der Waals surface area contributed by atoms with Crippen LogP contribution in [0.1, 0.15) is 29.8 Å². The zero-order valence-electron chi connectivity index (χ0n) is 13.2. The number of aryl methyl sites for hydroxylation is 1. The molecule has 3 N–H and O–H groups in total. The first-order valence-corrected chi connectivity index (χ1v) is 8.14. The molecule has 0 aliphatic heterocycles. The van der Waals surface area contributed by atoms with Gasteiger partial charge in [-0.05, 0) is 49.6 Å². The van der Waals surface area contributed by atoms with Gasteiger partial charge in [-0.3, -0.25) is 9.98 Å². The standard InChI is InChI=1S/C17H20Cl2N4/c1-11-3-4-13(10-22-11)7-8-21-17(20)23-12(2)15-6-5-14(18)9-16(15)19/h3-6,9-10,12H,7-8H2,1-2H3,(H3,20,21,23). The van der Waals surface area contributed by atoms with Crippen LogP contribution in [0.2, 0.25) is 10.0 Å². The molecule has 122 valence electrons. The Labute approximate surface area is 146 Å². The lowest BCUT2D eigenvalue weighted by Gasteiger charge is -2.16. The summed E-state index contributed by atoms with van der Waals surface area (Å²) < 4.78 is 0. The molecule has 0 bridgehead atoms. The molecule has 0 saturated heterocycles. The van der Waals surface area contributed by atoms with Gasteiger partial charge in [-0.15, -0.1) is 0 Å². The van der Waals surface area contributed by atoms with Crippen molar-refractivity contribution in [3.63, 3.8) is 0 Å². The minimum atomic E-state index is -0.0513. The Morgan fingerprint density at radius 1 is 1.30 bits per heavy atom. The number of benzene rings is 1. The molecular formula is C17H20Cl2N4. The largest absolute Gasteiger partial charge is 0.370 e. The van der Waals surface area contributed by atoms with Gasteiger partial charge in [-0.2, -0.15) is 0 Å². The van der Waals surface area contributed by atoms with Crippen molar-refractivity contribution in [2.45, 2.75) is 26.3 Å². The fourth-order valence-corrected chi connectivity index (χ4v) is 2.72. The normalized spacial score (nSPS) is 13.0. The van der Waals surface area contributed by atoms with Crippen LogP contribution < -0.4 is 11.1 Å². The quantitative estimate of drug-likeness (QED) is 0.634. The minimum absolute atomic E-state index is 0.0513. The number of nitrogens with one attached hydrogen (secondary N) is 1. The van der Waals surface area contributed by atoms with Crippen molar-refractivity contribution in [1.29, 1.82) is 0 Å². The predicted octanol–water partition coefficient (Wildman–Crippen LogP) is 3.90. The molecule has 1 unspecified atom stereocenters. The summed E-state index contributed by atoms with van der Waals surface area (Å²) in [6.45, 7) is 4.54. The molecule has 6 heteroatoms. The Kier molecular flexibility index (Phi) is 6.25. The first-order valence-electron chi connectivity index (χ1n) is 7.38. The summed E-state index contributed by atoms with van der Waals surface area (Å²) in [6.07, 6.45) is 2.66. The zero-order valence-corrected chi connectivity index (χ0v) is 14.7. The van der Waals surface area contributed by atoms with E-state index in [2.05, 4.69) is 21.4 Å². The third-order valence-electron chi connectivity index (χ3n) is 3.45. The maximum Gasteiger partial charge on any atom is 0.189 e. The van der Waals surface area contributed by atoms with E-state index < -0.39 is 0 Å². The highest BCUT2D eigenvalue weighted by molar-refractivity contribution is 6.35. The van der Waals surface area contributed by atoms with E-state index in [9.17, 15) is 0 Å². The molecule has 4 nitrogen and oxygen atoms in total. The number of hydrogen-bond acceptors (Lipinski definition) is 2. The van der Waals surface area contributed by atoms with Crippen LogP contribution in [0, 0.1) is 6.92 Å². The van der Waals surface area contributed by atoms with Crippen LogP contribution in [0.4, 0.5) is 0 Å². The molecule has 23 heavy (non-hydrogen) atoms. The third-order valence-corrected chi connectivity index (χ3v) is 4.01. The molecule has 2 rings (SSSR count). The number of guanidine groups is 1. The number of nitrogens with two attached hydrogens (primary N) is 1. The molecule has 1 heterocycles. The van der Waals surface area contributed by atoms with E-state index in [0.717, 1.165) is 23.2 Å². The van der Waals surface area contributed by atoms with Crippen LogP contribution >= 0.6 is 23.2 Å². The molecule has 1 aromatic carbocycles. The highest BCUT2D eigenvalue weighted by Gasteiger charge is 2.10. The zero-order chi connectivity index (χ0) is 16.8. The molecule has 0 spiro atoms. The highest BCUT2D eigenvalue weighted by atomic mass is 35.5. The van der Waals surface area contributed by atoms with E-state index in [0.29, 0.717) is 22.5 Å². The van der Waals surface area contributed by atoms with Crippen molar-refractivity contribution < 1.29 is 0 Å². The van der Waals surface area contributed by atoms with Crippen molar-refractivity contribution in [3.05, 3.63) is 63.4 Å². The molecule has 0 fully saturated rings. The van der Waals surface area contributed by atoms with E-state index in [1.807, 2.05) is 32.2 Å². The average Bonchev–Trinajstić information content (AvgIpc) is 2.49. The fraction of sp³-hybridized carbons (Fsp3) is 0.294. The summed E-state index contributed by atoms with van der Waals surface area (Å²) in [7, 11) is 0. The molecule has 0 saturated carbocycles. The van der Waals surface area contributed by atoms with Crippen molar-refractivity contribution >= 4 is 29.2 Å². The molecule has 0 aliphatic rings. The number of halogens is 2. The number of aliphatic imine (C=N–C) groups is 1. The highest BCUT2D eigenvalue weighted by Crippen LogP contribution is 2.25. The summed E-state index contributed by atoms with van der Waals surface area (Å²) >= 11 is 12.1. The maximum atomic E-state index is 6.19. The van der Waals surface area contributed by atoms with Gasteiger partial charge in [0.05, 0.1) is 6.04 Å². The second-order valence-electron chi connectivity index (χ2n) is 5.36. The van der Waals surface area contributed by atoms with E-state index in [4.69, 9.17) is 28.9 Å². The van der Waals surface area contributed by atoms with Gasteiger partial charge >= 0.3 is 0 Å².